The Morgan fingerprint density at radius 3 is 2.10 bits per heavy atom. The predicted molar refractivity (Wildman–Crippen MR) is 139 cm³/mol. The van der Waals surface area contributed by atoms with Crippen LogP contribution in [0.15, 0.2) is 5.11 Å². The van der Waals surface area contributed by atoms with E-state index in [4.69, 9.17) is 52.9 Å². The van der Waals surface area contributed by atoms with Gasteiger partial charge in [-0.25, -0.2) is 0 Å². The molecule has 13 nitrogen and oxygen atoms in total. The summed E-state index contributed by atoms with van der Waals surface area (Å²) >= 11 is 0. The molecule has 0 spiro atoms. The molecule has 0 bridgehead atoms. The highest BCUT2D eigenvalue weighted by Crippen LogP contribution is 2.42. The average molecular weight is 572 g/mol. The van der Waals surface area contributed by atoms with Crippen LogP contribution in [0.4, 0.5) is 0 Å². The number of hydrogen-bond acceptors (Lipinski definition) is 11. The van der Waals surface area contributed by atoms with Gasteiger partial charge in [0.05, 0.1) is 38.1 Å². The highest BCUT2D eigenvalue weighted by molar-refractivity contribution is 4.95. The third-order valence-corrected chi connectivity index (χ3v) is 8.43. The van der Waals surface area contributed by atoms with E-state index >= 15 is 0 Å². The second-order valence-corrected chi connectivity index (χ2v) is 12.5. The molecule has 0 aromatic heterocycles. The normalized spacial score (nSPS) is 47.8. The van der Waals surface area contributed by atoms with E-state index in [1.807, 2.05) is 34.6 Å². The Hall–Kier alpha value is -1.09. The van der Waals surface area contributed by atoms with Gasteiger partial charge in [0.25, 0.3) is 0 Å². The first kappa shape index (κ1) is 30.4. The van der Waals surface area contributed by atoms with E-state index in [9.17, 15) is 0 Å². The molecular weight excluding hydrogens is 526 g/mol. The summed E-state index contributed by atoms with van der Waals surface area (Å²) in [5, 5.41) is 3.51. The zero-order valence-corrected chi connectivity index (χ0v) is 24.8. The fourth-order valence-electron chi connectivity index (χ4n) is 6.32. The van der Waals surface area contributed by atoms with Crippen LogP contribution in [0.1, 0.15) is 55.4 Å². The first-order valence-electron chi connectivity index (χ1n) is 14.4. The maximum Gasteiger partial charge on any atom is 0.186 e. The molecule has 228 valence electrons. The van der Waals surface area contributed by atoms with E-state index in [1.165, 1.54) is 0 Å². The van der Waals surface area contributed by atoms with Gasteiger partial charge in [-0.3, -0.25) is 0 Å². The Morgan fingerprint density at radius 1 is 0.775 bits per heavy atom. The van der Waals surface area contributed by atoms with E-state index in [0.29, 0.717) is 6.61 Å². The number of nitrogens with zero attached hydrogens (tertiary/aromatic N) is 3. The van der Waals surface area contributed by atoms with Crippen LogP contribution in [0, 0.1) is 17.8 Å². The topological polar surface area (TPSA) is 141 Å². The minimum Gasteiger partial charge on any atom is -0.350 e. The molecule has 5 fully saturated rings. The van der Waals surface area contributed by atoms with Crippen molar-refractivity contribution in [2.45, 2.75) is 129 Å². The zero-order valence-electron chi connectivity index (χ0n) is 24.8. The summed E-state index contributed by atoms with van der Waals surface area (Å²) in [6.45, 7) is 17.0. The zero-order chi connectivity index (χ0) is 28.8. The molecule has 5 heterocycles. The smallest absolute Gasteiger partial charge is 0.186 e. The Morgan fingerprint density at radius 2 is 1.40 bits per heavy atom. The predicted octanol–water partition coefficient (Wildman–Crippen LogP) is 3.49. The van der Waals surface area contributed by atoms with Crippen LogP contribution >= 0.6 is 0 Å². The summed E-state index contributed by atoms with van der Waals surface area (Å²) in [7, 11) is 0. The van der Waals surface area contributed by atoms with Gasteiger partial charge >= 0.3 is 0 Å². The van der Waals surface area contributed by atoms with Crippen LogP contribution in [-0.2, 0) is 47.4 Å². The van der Waals surface area contributed by atoms with Crippen LogP contribution in [0.25, 0.3) is 10.4 Å². The molecule has 0 saturated carbocycles. The quantitative estimate of drug-likeness (QED) is 0.184. The lowest BCUT2D eigenvalue weighted by molar-refractivity contribution is -0.336. The Kier molecular flexibility index (Phi) is 9.03. The van der Waals surface area contributed by atoms with Gasteiger partial charge < -0.3 is 47.4 Å². The lowest BCUT2D eigenvalue weighted by atomic mass is 9.86. The molecule has 0 aromatic carbocycles. The summed E-state index contributed by atoms with van der Waals surface area (Å²) in [6, 6.07) is 0. The number of azide groups is 1. The Bertz CT molecular complexity index is 932. The van der Waals surface area contributed by atoms with Gasteiger partial charge in [-0.1, -0.05) is 25.9 Å². The van der Waals surface area contributed by atoms with Crippen LogP contribution in [0.5, 0.6) is 0 Å². The number of rotatable bonds is 8. The minimum atomic E-state index is -0.841. The van der Waals surface area contributed by atoms with Crippen molar-refractivity contribution in [3.05, 3.63) is 10.4 Å². The summed E-state index contributed by atoms with van der Waals surface area (Å²) in [4.78, 5) is 2.75. The van der Waals surface area contributed by atoms with Gasteiger partial charge in [-0.2, -0.15) is 0 Å². The molecule has 13 atom stereocenters. The minimum absolute atomic E-state index is 0.0841. The number of fused-ring (bicyclic) bond motifs is 2. The Balaban J connectivity index is 1.26. The average Bonchev–Trinajstić information content (AvgIpc) is 3.40. The van der Waals surface area contributed by atoms with Gasteiger partial charge in [-0.15, -0.1) is 0 Å². The van der Waals surface area contributed by atoms with Crippen LogP contribution in [0.2, 0.25) is 0 Å². The fraction of sp³-hybridized carbons (Fsp3) is 1.00. The van der Waals surface area contributed by atoms with E-state index in [2.05, 4.69) is 30.8 Å². The van der Waals surface area contributed by atoms with Crippen molar-refractivity contribution >= 4 is 0 Å². The summed E-state index contributed by atoms with van der Waals surface area (Å²) in [5.41, 5.74) is 8.52. The summed E-state index contributed by atoms with van der Waals surface area (Å²) < 4.78 is 62.3. The molecule has 0 aromatic rings. The Labute approximate surface area is 235 Å². The highest BCUT2D eigenvalue weighted by Gasteiger charge is 2.56. The van der Waals surface area contributed by atoms with Gasteiger partial charge in [-0.05, 0) is 40.1 Å². The van der Waals surface area contributed by atoms with Crippen LogP contribution in [-0.4, -0.2) is 99.5 Å². The third kappa shape index (κ3) is 6.30. The lowest BCUT2D eigenvalue weighted by Crippen LogP contribution is -2.58. The second-order valence-electron chi connectivity index (χ2n) is 12.5. The first-order chi connectivity index (χ1) is 18.9. The molecule has 13 heteroatoms. The molecular formula is C27H45N3O10. The molecule has 0 N–H and O–H groups in total. The summed E-state index contributed by atoms with van der Waals surface area (Å²) in [5.74, 6) is -1.37. The monoisotopic (exact) mass is 571 g/mol. The molecule has 0 radical (unpaired) electrons. The molecule has 5 saturated heterocycles. The molecule has 4 unspecified atom stereocenters. The summed E-state index contributed by atoms with van der Waals surface area (Å²) in [6.07, 6.45) is -3.96. The standard InChI is InChI=1S/C27H45N3O10/c1-13-11-32-25(21-18(13)37-26(5,6)39-21)36-19-14(2)16(4)34-23(15(19)3)35-17-12-33-24(31-10-9-29-30-28)22-20(17)38-27(7,8)40-22/h13-25H,9-12H2,1-8H3/t13-,14-,15?,16?,17-,18+,19+,20+,21?,22?,23+,24-,25-/m1/s1. The molecule has 40 heavy (non-hydrogen) atoms. The van der Waals surface area contributed by atoms with Crippen molar-refractivity contribution in [3.8, 4) is 0 Å². The van der Waals surface area contributed by atoms with Crippen molar-refractivity contribution in [3.63, 3.8) is 0 Å². The van der Waals surface area contributed by atoms with Crippen LogP contribution in [0.3, 0.4) is 0 Å². The molecule has 5 rings (SSSR count). The van der Waals surface area contributed by atoms with E-state index in [1.54, 1.807) is 0 Å². The highest BCUT2D eigenvalue weighted by atomic mass is 16.8. The van der Waals surface area contributed by atoms with Crippen molar-refractivity contribution in [1.82, 2.24) is 0 Å². The van der Waals surface area contributed by atoms with E-state index < -0.39 is 48.8 Å². The second kappa shape index (κ2) is 11.9. The first-order valence-corrected chi connectivity index (χ1v) is 14.4. The van der Waals surface area contributed by atoms with Crippen LogP contribution < -0.4 is 0 Å². The van der Waals surface area contributed by atoms with Gasteiger partial charge in [0, 0.05) is 29.2 Å². The maximum absolute atomic E-state index is 8.52. The van der Waals surface area contributed by atoms with Crippen molar-refractivity contribution in [1.29, 1.82) is 0 Å². The number of hydrogen-bond donors (Lipinski definition) is 0. The van der Waals surface area contributed by atoms with Gasteiger partial charge in [0.15, 0.2) is 30.4 Å². The molecule has 0 aliphatic carbocycles. The van der Waals surface area contributed by atoms with Crippen molar-refractivity contribution in [2.24, 2.45) is 22.9 Å². The third-order valence-electron chi connectivity index (χ3n) is 8.43. The van der Waals surface area contributed by atoms with E-state index in [0.717, 1.165) is 0 Å². The van der Waals surface area contributed by atoms with E-state index in [-0.39, 0.29) is 61.9 Å². The SMILES string of the molecule is CC1O[C@@H](O[C@@H]2CO[C@@H](OCCN=[N+]=[N-])C3OC(C)(C)O[C@H]32)C(C)[C@@H](O[C@H]2OC[C@@H](C)[C@@H]3OC(C)(C)OC23)[C@@H]1C. The molecule has 5 aliphatic rings. The molecule has 0 amide bonds. The molecule has 5 aliphatic heterocycles. The van der Waals surface area contributed by atoms with Gasteiger partial charge in [0.1, 0.15) is 24.4 Å². The van der Waals surface area contributed by atoms with Crippen molar-refractivity contribution < 1.29 is 47.4 Å². The fourth-order valence-corrected chi connectivity index (χ4v) is 6.32. The maximum atomic E-state index is 8.52. The van der Waals surface area contributed by atoms with Gasteiger partial charge in [0.2, 0.25) is 0 Å². The lowest BCUT2D eigenvalue weighted by Gasteiger charge is -2.47. The largest absolute Gasteiger partial charge is 0.350 e. The van der Waals surface area contributed by atoms with Crippen molar-refractivity contribution in [2.75, 3.05) is 26.4 Å². The number of ether oxygens (including phenoxy) is 10.